The van der Waals surface area contributed by atoms with Crippen LogP contribution in [-0.2, 0) is 20.7 Å². The molecule has 0 radical (unpaired) electrons. The molecule has 0 amide bonds. The van der Waals surface area contributed by atoms with E-state index >= 15 is 0 Å². The fraction of sp³-hybridized carbons (Fsp3) is 0.629. The number of hydrogen-bond donors (Lipinski definition) is 1. The van der Waals surface area contributed by atoms with Crippen molar-refractivity contribution in [3.05, 3.63) is 52.6 Å². The van der Waals surface area contributed by atoms with Crippen LogP contribution in [0.1, 0.15) is 115 Å². The minimum Gasteiger partial charge on any atom is -0.508 e. The number of esters is 1. The second-order valence-electron chi connectivity index (χ2n) is 13.3. The number of Topliss-reactive ketones (excluding diaryl/α,β-unsaturated/α-hetero) is 1. The van der Waals surface area contributed by atoms with Crippen molar-refractivity contribution in [1.82, 2.24) is 0 Å². The molecule has 5 rings (SSSR count). The van der Waals surface area contributed by atoms with E-state index in [9.17, 15) is 19.5 Å². The lowest BCUT2D eigenvalue weighted by Crippen LogP contribution is -2.51. The normalized spacial score (nSPS) is 32.4. The van der Waals surface area contributed by atoms with Gasteiger partial charge in [-0.2, -0.15) is 0 Å². The Hall–Kier alpha value is -2.69. The summed E-state index contributed by atoms with van der Waals surface area (Å²) in [5, 5.41) is 9.59. The van der Waals surface area contributed by atoms with Gasteiger partial charge in [0, 0.05) is 23.8 Å². The predicted octanol–water partition coefficient (Wildman–Crippen LogP) is 7.94. The van der Waals surface area contributed by atoms with Crippen molar-refractivity contribution >= 4 is 17.5 Å². The van der Waals surface area contributed by atoms with Crippen LogP contribution in [0.25, 0.3) is 0 Å². The molecule has 4 aliphatic carbocycles. The molecule has 1 aromatic rings. The maximum absolute atomic E-state index is 11.9. The lowest BCUT2D eigenvalue weighted by molar-refractivity contribution is -0.159. The van der Waals surface area contributed by atoms with E-state index < -0.39 is 0 Å². The van der Waals surface area contributed by atoms with Crippen molar-refractivity contribution < 1.29 is 24.2 Å². The van der Waals surface area contributed by atoms with E-state index in [4.69, 9.17) is 4.74 Å². The average molecular weight is 549 g/mol. The van der Waals surface area contributed by atoms with Gasteiger partial charge < -0.3 is 9.84 Å². The number of allylic oxidation sites excluding steroid dienone is 3. The van der Waals surface area contributed by atoms with Crippen molar-refractivity contribution in [3.8, 4) is 5.75 Å². The smallest absolute Gasteiger partial charge is 0.305 e. The molecular weight excluding hydrogens is 500 g/mol. The summed E-state index contributed by atoms with van der Waals surface area (Å²) in [5.41, 5.74) is 4.46. The van der Waals surface area contributed by atoms with Crippen LogP contribution in [0.3, 0.4) is 0 Å². The Kier molecular flexibility index (Phi) is 9.11. The van der Waals surface area contributed by atoms with Crippen LogP contribution in [0.15, 0.2) is 41.5 Å². The number of phenolic OH excluding ortho intramolecular Hbond substituents is 1. The maximum atomic E-state index is 11.9. The van der Waals surface area contributed by atoms with E-state index in [0.717, 1.165) is 43.6 Å². The number of hydrogen-bond acceptors (Lipinski definition) is 5. The second-order valence-corrected chi connectivity index (χ2v) is 13.3. The molecule has 0 aromatic heterocycles. The highest BCUT2D eigenvalue weighted by atomic mass is 16.5. The Morgan fingerprint density at radius 1 is 1.02 bits per heavy atom. The number of aromatic hydroxyl groups is 1. The first-order valence-electron chi connectivity index (χ1n) is 15.3. The molecule has 0 spiro atoms. The van der Waals surface area contributed by atoms with Gasteiger partial charge in [-0.1, -0.05) is 38.0 Å². The minimum atomic E-state index is -0.0411. The molecule has 5 heteroatoms. The average Bonchev–Trinajstić information content (AvgIpc) is 3.24. The largest absolute Gasteiger partial charge is 0.508 e. The summed E-state index contributed by atoms with van der Waals surface area (Å²) >= 11 is 0. The molecule has 0 aliphatic heterocycles. The summed E-state index contributed by atoms with van der Waals surface area (Å²) in [6, 6.07) is 4.96. The van der Waals surface area contributed by atoms with E-state index in [0.29, 0.717) is 36.0 Å². The lowest BCUT2D eigenvalue weighted by atomic mass is 9.47. The van der Waals surface area contributed by atoms with E-state index in [1.54, 1.807) is 18.2 Å². The number of ketones is 2. The van der Waals surface area contributed by atoms with Crippen molar-refractivity contribution in [2.45, 2.75) is 112 Å². The standard InChI is InChI=1S/C22H32O3.C13H16O2/c1-4-20(24)25-19-8-7-17-16-6-5-14-13-15(23)9-11-21(14,2)18(16)10-12-22(17,19)3;1-9(2)4-5-12-8-11(10(3)14)6-7-13(12)15/h13,16-19H,4-12H2,1-3H3;4,6-8,15H,5H2,1-3H3. The molecule has 1 N–H and O–H groups in total. The highest BCUT2D eigenvalue weighted by molar-refractivity contribution is 5.94. The van der Waals surface area contributed by atoms with Crippen LogP contribution < -0.4 is 0 Å². The first-order chi connectivity index (χ1) is 18.9. The molecule has 6 unspecified atom stereocenters. The number of ether oxygens (including phenoxy) is 1. The molecule has 5 nitrogen and oxygen atoms in total. The lowest BCUT2D eigenvalue weighted by Gasteiger charge is -2.57. The van der Waals surface area contributed by atoms with Gasteiger partial charge in [-0.15, -0.1) is 0 Å². The molecule has 218 valence electrons. The molecule has 0 heterocycles. The Labute approximate surface area is 240 Å². The summed E-state index contributed by atoms with van der Waals surface area (Å²) in [6.07, 6.45) is 14.0. The summed E-state index contributed by atoms with van der Waals surface area (Å²) in [5.74, 6) is 2.68. The van der Waals surface area contributed by atoms with E-state index in [1.807, 2.05) is 32.9 Å². The Morgan fingerprint density at radius 3 is 2.45 bits per heavy atom. The molecule has 0 saturated heterocycles. The summed E-state index contributed by atoms with van der Waals surface area (Å²) in [6.45, 7) is 12.2. The van der Waals surface area contributed by atoms with E-state index in [1.165, 1.54) is 37.3 Å². The molecule has 3 saturated carbocycles. The molecule has 40 heavy (non-hydrogen) atoms. The van der Waals surface area contributed by atoms with Gasteiger partial charge in [0.15, 0.2) is 11.6 Å². The molecule has 0 bridgehead atoms. The first-order valence-corrected chi connectivity index (χ1v) is 15.3. The fourth-order valence-electron chi connectivity index (χ4n) is 8.23. The summed E-state index contributed by atoms with van der Waals surface area (Å²) < 4.78 is 5.86. The van der Waals surface area contributed by atoms with Crippen molar-refractivity contribution in [3.63, 3.8) is 0 Å². The summed E-state index contributed by atoms with van der Waals surface area (Å²) in [7, 11) is 0. The van der Waals surface area contributed by atoms with Crippen LogP contribution in [0.5, 0.6) is 5.75 Å². The second kappa shape index (κ2) is 12.0. The van der Waals surface area contributed by atoms with Crippen LogP contribution in [0, 0.1) is 28.6 Å². The molecule has 4 aliphatic rings. The van der Waals surface area contributed by atoms with Crippen LogP contribution >= 0.6 is 0 Å². The third-order valence-electron chi connectivity index (χ3n) is 10.7. The van der Waals surface area contributed by atoms with Crippen molar-refractivity contribution in [1.29, 1.82) is 0 Å². The third kappa shape index (κ3) is 5.99. The Balaban J connectivity index is 0.000000212. The van der Waals surface area contributed by atoms with E-state index in [2.05, 4.69) is 13.8 Å². The number of carbonyl (C=O) groups excluding carboxylic acids is 3. The van der Waals surface area contributed by atoms with Crippen LogP contribution in [0.4, 0.5) is 0 Å². The van der Waals surface area contributed by atoms with Crippen molar-refractivity contribution in [2.24, 2.45) is 28.6 Å². The maximum Gasteiger partial charge on any atom is 0.305 e. The third-order valence-corrected chi connectivity index (χ3v) is 10.7. The quantitative estimate of drug-likeness (QED) is 0.229. The number of phenols is 1. The number of benzene rings is 1. The van der Waals surface area contributed by atoms with Gasteiger partial charge in [0.25, 0.3) is 0 Å². The van der Waals surface area contributed by atoms with Crippen molar-refractivity contribution in [2.75, 3.05) is 0 Å². The van der Waals surface area contributed by atoms with Gasteiger partial charge >= 0.3 is 5.97 Å². The summed E-state index contributed by atoms with van der Waals surface area (Å²) in [4.78, 5) is 34.9. The number of rotatable bonds is 5. The van der Waals surface area contributed by atoms with Crippen LogP contribution in [-0.4, -0.2) is 28.7 Å². The fourth-order valence-corrected chi connectivity index (χ4v) is 8.23. The molecule has 1 aromatic carbocycles. The minimum absolute atomic E-state index is 0.0217. The molecular formula is C35H48O5. The zero-order chi connectivity index (χ0) is 29.2. The van der Waals surface area contributed by atoms with Gasteiger partial charge in [-0.3, -0.25) is 14.4 Å². The molecule has 3 fully saturated rings. The monoisotopic (exact) mass is 548 g/mol. The molecule has 6 atom stereocenters. The zero-order valence-corrected chi connectivity index (χ0v) is 25.3. The predicted molar refractivity (Wildman–Crippen MR) is 158 cm³/mol. The van der Waals surface area contributed by atoms with Crippen LogP contribution in [0.2, 0.25) is 0 Å². The SMILES string of the molecule is CC(=O)c1ccc(O)c(CC=C(C)C)c1.CCC(=O)OC1CCC2C3CCC4=CC(=O)CCC4(C)C3CCC12C. The highest BCUT2D eigenvalue weighted by Gasteiger charge is 2.59. The number of fused-ring (bicyclic) bond motifs is 5. The number of carbonyl (C=O) groups is 3. The van der Waals surface area contributed by atoms with E-state index in [-0.39, 0.29) is 34.4 Å². The Morgan fingerprint density at radius 2 is 1.77 bits per heavy atom. The van der Waals surface area contributed by atoms with Gasteiger partial charge in [0.05, 0.1) is 0 Å². The van der Waals surface area contributed by atoms with Gasteiger partial charge in [0.2, 0.25) is 0 Å². The van der Waals surface area contributed by atoms with Gasteiger partial charge in [-0.25, -0.2) is 0 Å². The van der Waals surface area contributed by atoms with Gasteiger partial charge in [-0.05, 0) is 125 Å². The van der Waals surface area contributed by atoms with Gasteiger partial charge in [0.1, 0.15) is 11.9 Å². The zero-order valence-electron chi connectivity index (χ0n) is 25.3. The highest BCUT2D eigenvalue weighted by Crippen LogP contribution is 2.65. The topological polar surface area (TPSA) is 80.7 Å². The Bertz CT molecular complexity index is 1200. The first kappa shape index (κ1) is 30.3.